The zero-order valence-corrected chi connectivity index (χ0v) is 12.9. The Labute approximate surface area is 126 Å². The van der Waals surface area contributed by atoms with Crippen molar-refractivity contribution < 1.29 is 9.32 Å². The average molecular weight is 311 g/mol. The summed E-state index contributed by atoms with van der Waals surface area (Å²) in [6.07, 6.45) is 0.205. The Kier molecular flexibility index (Phi) is 5.20. The van der Waals surface area contributed by atoms with Gasteiger partial charge in [-0.2, -0.15) is 4.98 Å². The summed E-state index contributed by atoms with van der Waals surface area (Å²) < 4.78 is 5.08. The number of aromatic nitrogens is 2. The topological polar surface area (TPSA) is 56.0 Å². The fourth-order valence-electron chi connectivity index (χ4n) is 1.45. The maximum atomic E-state index is 11.6. The number of hydrogen-bond donors (Lipinski definition) is 0. The minimum Gasteiger partial charge on any atom is -0.339 e. The van der Waals surface area contributed by atoms with Gasteiger partial charge in [0.2, 0.25) is 5.89 Å². The maximum Gasteiger partial charge on any atom is 0.234 e. The van der Waals surface area contributed by atoms with Crippen LogP contribution in [0.1, 0.15) is 25.6 Å². The highest BCUT2D eigenvalue weighted by Gasteiger charge is 2.14. The molecule has 4 nitrogen and oxygen atoms in total. The number of carbonyl (C=O) groups is 1. The number of halogens is 1. The van der Waals surface area contributed by atoms with Crippen molar-refractivity contribution in [3.63, 3.8) is 0 Å². The lowest BCUT2D eigenvalue weighted by Gasteiger charge is -1.99. The fraction of sp³-hybridized carbons (Fsp3) is 0.357. The van der Waals surface area contributed by atoms with Crippen molar-refractivity contribution in [1.82, 2.24) is 10.1 Å². The molecule has 20 heavy (non-hydrogen) atoms. The molecule has 0 N–H and O–H groups in total. The predicted octanol–water partition coefficient (Wildman–Crippen LogP) is 3.78. The summed E-state index contributed by atoms with van der Waals surface area (Å²) in [6.45, 7) is 3.71. The molecule has 0 amide bonds. The SMILES string of the molecule is CC(C)C(=O)Cc1nc(CSc2ccc(Cl)cc2)no1. The molecule has 106 valence electrons. The molecule has 1 aromatic carbocycles. The van der Waals surface area contributed by atoms with Crippen LogP contribution in [0.5, 0.6) is 0 Å². The van der Waals surface area contributed by atoms with Crippen LogP contribution in [-0.2, 0) is 17.0 Å². The number of thioether (sulfide) groups is 1. The second-order valence-corrected chi connectivity index (χ2v) is 6.13. The number of ketones is 1. The molecule has 0 aliphatic carbocycles. The second kappa shape index (κ2) is 6.90. The van der Waals surface area contributed by atoms with Crippen LogP contribution in [0.2, 0.25) is 5.02 Å². The highest BCUT2D eigenvalue weighted by molar-refractivity contribution is 7.98. The van der Waals surface area contributed by atoms with E-state index in [2.05, 4.69) is 10.1 Å². The van der Waals surface area contributed by atoms with Gasteiger partial charge in [-0.15, -0.1) is 11.8 Å². The van der Waals surface area contributed by atoms with Crippen molar-refractivity contribution in [2.45, 2.75) is 30.9 Å². The molecule has 0 atom stereocenters. The van der Waals surface area contributed by atoms with E-state index >= 15 is 0 Å². The molecule has 0 spiro atoms. The molecule has 0 fully saturated rings. The van der Waals surface area contributed by atoms with Crippen LogP contribution >= 0.6 is 23.4 Å². The number of Topliss-reactive ketones (excluding diaryl/α,β-unsaturated/α-hetero) is 1. The molecule has 0 aliphatic rings. The van der Waals surface area contributed by atoms with Crippen molar-refractivity contribution in [1.29, 1.82) is 0 Å². The lowest BCUT2D eigenvalue weighted by Crippen LogP contribution is -2.10. The molecule has 0 unspecified atom stereocenters. The maximum absolute atomic E-state index is 11.6. The normalized spacial score (nSPS) is 11.0. The van der Waals surface area contributed by atoms with Gasteiger partial charge in [-0.1, -0.05) is 30.6 Å². The van der Waals surface area contributed by atoms with Crippen molar-refractivity contribution in [3.05, 3.63) is 41.0 Å². The van der Waals surface area contributed by atoms with Gasteiger partial charge in [-0.05, 0) is 24.3 Å². The van der Waals surface area contributed by atoms with E-state index in [1.807, 2.05) is 38.1 Å². The standard InChI is InChI=1S/C14H15ClN2O2S/c1-9(2)12(18)7-14-16-13(17-19-14)8-20-11-5-3-10(15)4-6-11/h3-6,9H,7-8H2,1-2H3. The van der Waals surface area contributed by atoms with Gasteiger partial charge < -0.3 is 4.52 Å². The summed E-state index contributed by atoms with van der Waals surface area (Å²) >= 11 is 7.42. The highest BCUT2D eigenvalue weighted by Crippen LogP contribution is 2.23. The molecule has 0 bridgehead atoms. The Morgan fingerprint density at radius 2 is 2.05 bits per heavy atom. The summed E-state index contributed by atoms with van der Waals surface area (Å²) in [7, 11) is 0. The molecule has 0 aliphatic heterocycles. The van der Waals surface area contributed by atoms with Crippen LogP contribution in [-0.4, -0.2) is 15.9 Å². The van der Waals surface area contributed by atoms with Gasteiger partial charge in [0.05, 0.1) is 12.2 Å². The molecule has 2 aromatic rings. The van der Waals surface area contributed by atoms with Gasteiger partial charge in [0.25, 0.3) is 0 Å². The second-order valence-electron chi connectivity index (χ2n) is 4.64. The lowest BCUT2D eigenvalue weighted by molar-refractivity contribution is -0.121. The van der Waals surface area contributed by atoms with Crippen molar-refractivity contribution in [2.75, 3.05) is 0 Å². The van der Waals surface area contributed by atoms with Gasteiger partial charge >= 0.3 is 0 Å². The van der Waals surface area contributed by atoms with Gasteiger partial charge in [0.15, 0.2) is 5.82 Å². The number of hydrogen-bond acceptors (Lipinski definition) is 5. The molecule has 0 radical (unpaired) electrons. The Bertz CT molecular complexity index is 581. The first kappa shape index (κ1) is 15.1. The van der Waals surface area contributed by atoms with Crippen LogP contribution in [0.25, 0.3) is 0 Å². The first-order chi connectivity index (χ1) is 9.54. The van der Waals surface area contributed by atoms with E-state index in [0.29, 0.717) is 22.5 Å². The Morgan fingerprint density at radius 3 is 2.70 bits per heavy atom. The molecule has 1 aromatic heterocycles. The molecule has 0 saturated heterocycles. The minimum atomic E-state index is -0.0196. The molecule has 6 heteroatoms. The summed E-state index contributed by atoms with van der Waals surface area (Å²) in [5.41, 5.74) is 0. The van der Waals surface area contributed by atoms with E-state index in [4.69, 9.17) is 16.1 Å². The smallest absolute Gasteiger partial charge is 0.234 e. The van der Waals surface area contributed by atoms with Crippen LogP contribution in [0.3, 0.4) is 0 Å². The Hall–Kier alpha value is -1.33. The average Bonchev–Trinajstić information content (AvgIpc) is 2.85. The molecular formula is C14H15ClN2O2S. The summed E-state index contributed by atoms with van der Waals surface area (Å²) in [5, 5.41) is 4.59. The summed E-state index contributed by atoms with van der Waals surface area (Å²) in [4.78, 5) is 16.9. The molecular weight excluding hydrogens is 296 g/mol. The van der Waals surface area contributed by atoms with Gasteiger partial charge in [0, 0.05) is 15.8 Å². The zero-order chi connectivity index (χ0) is 14.5. The van der Waals surface area contributed by atoms with E-state index in [1.165, 1.54) is 0 Å². The van der Waals surface area contributed by atoms with Gasteiger partial charge in [-0.3, -0.25) is 4.79 Å². The largest absolute Gasteiger partial charge is 0.339 e. The quantitative estimate of drug-likeness (QED) is 0.760. The van der Waals surface area contributed by atoms with E-state index in [0.717, 1.165) is 4.90 Å². The first-order valence-corrected chi connectivity index (χ1v) is 7.63. The monoisotopic (exact) mass is 310 g/mol. The number of nitrogens with zero attached hydrogens (tertiary/aromatic N) is 2. The van der Waals surface area contributed by atoms with Crippen LogP contribution in [0.15, 0.2) is 33.7 Å². The highest BCUT2D eigenvalue weighted by atomic mass is 35.5. The zero-order valence-electron chi connectivity index (χ0n) is 11.3. The van der Waals surface area contributed by atoms with Crippen molar-refractivity contribution >= 4 is 29.1 Å². The van der Waals surface area contributed by atoms with Gasteiger partial charge in [0.1, 0.15) is 5.78 Å². The summed E-state index contributed by atoms with van der Waals surface area (Å²) in [6, 6.07) is 7.56. The van der Waals surface area contributed by atoms with Gasteiger partial charge in [-0.25, -0.2) is 0 Å². The van der Waals surface area contributed by atoms with Crippen molar-refractivity contribution in [2.24, 2.45) is 5.92 Å². The lowest BCUT2D eigenvalue weighted by atomic mass is 10.1. The number of rotatable bonds is 6. The number of carbonyl (C=O) groups excluding carboxylic acids is 1. The Balaban J connectivity index is 1.89. The minimum absolute atomic E-state index is 0.0196. The molecule has 2 rings (SSSR count). The van der Waals surface area contributed by atoms with E-state index in [1.54, 1.807) is 11.8 Å². The number of benzene rings is 1. The first-order valence-electron chi connectivity index (χ1n) is 6.27. The van der Waals surface area contributed by atoms with Crippen LogP contribution < -0.4 is 0 Å². The third-order valence-corrected chi connectivity index (χ3v) is 3.92. The molecule has 1 heterocycles. The van der Waals surface area contributed by atoms with E-state index in [-0.39, 0.29) is 18.1 Å². The van der Waals surface area contributed by atoms with Crippen molar-refractivity contribution in [3.8, 4) is 0 Å². The predicted molar refractivity (Wildman–Crippen MR) is 78.9 cm³/mol. The van der Waals surface area contributed by atoms with Crippen LogP contribution in [0.4, 0.5) is 0 Å². The third kappa shape index (κ3) is 4.35. The third-order valence-electron chi connectivity index (χ3n) is 2.66. The van der Waals surface area contributed by atoms with Crippen LogP contribution in [0, 0.1) is 5.92 Å². The Morgan fingerprint density at radius 1 is 1.35 bits per heavy atom. The fourth-order valence-corrected chi connectivity index (χ4v) is 2.32. The van der Waals surface area contributed by atoms with E-state index in [9.17, 15) is 4.79 Å². The van der Waals surface area contributed by atoms with E-state index < -0.39 is 0 Å². The summed E-state index contributed by atoms with van der Waals surface area (Å²) in [5.74, 6) is 1.66. The molecule has 0 saturated carbocycles.